The molecule has 0 fully saturated rings. The Balaban J connectivity index is 1.63. The second-order valence-electron chi connectivity index (χ2n) is 6.06. The number of benzene rings is 2. The van der Waals surface area contributed by atoms with Crippen molar-refractivity contribution >= 4 is 17.5 Å². The molecule has 0 aliphatic carbocycles. The van der Waals surface area contributed by atoms with Gasteiger partial charge in [-0.15, -0.1) is 0 Å². The summed E-state index contributed by atoms with van der Waals surface area (Å²) in [4.78, 5) is 12.4. The van der Waals surface area contributed by atoms with Gasteiger partial charge in [-0.25, -0.2) is 0 Å². The van der Waals surface area contributed by atoms with Gasteiger partial charge >= 0.3 is 0 Å². The summed E-state index contributed by atoms with van der Waals surface area (Å²) in [5, 5.41) is 10.6. The summed E-state index contributed by atoms with van der Waals surface area (Å²) in [5.41, 5.74) is 3.12. The average molecular weight is 370 g/mol. The van der Waals surface area contributed by atoms with Crippen molar-refractivity contribution in [3.8, 4) is 17.0 Å². The van der Waals surface area contributed by atoms with Crippen LogP contribution in [0.1, 0.15) is 28.9 Å². The third-order valence-corrected chi connectivity index (χ3v) is 4.45. The van der Waals surface area contributed by atoms with Crippen molar-refractivity contribution in [1.29, 1.82) is 0 Å². The molecule has 0 radical (unpaired) electrons. The Morgan fingerprint density at radius 1 is 1.23 bits per heavy atom. The van der Waals surface area contributed by atoms with E-state index in [2.05, 4.69) is 22.4 Å². The lowest BCUT2D eigenvalue weighted by atomic mass is 10.0. The first kappa shape index (κ1) is 18.0. The van der Waals surface area contributed by atoms with E-state index in [1.165, 1.54) is 0 Å². The van der Waals surface area contributed by atoms with E-state index in [0.29, 0.717) is 23.0 Å². The van der Waals surface area contributed by atoms with Crippen LogP contribution in [0.25, 0.3) is 11.3 Å². The van der Waals surface area contributed by atoms with Crippen LogP contribution >= 0.6 is 11.6 Å². The van der Waals surface area contributed by atoms with Gasteiger partial charge in [0.25, 0.3) is 5.91 Å². The highest BCUT2D eigenvalue weighted by molar-refractivity contribution is 6.30. The summed E-state index contributed by atoms with van der Waals surface area (Å²) >= 11 is 5.91. The molecule has 0 aliphatic heterocycles. The molecule has 2 N–H and O–H groups in total. The number of hydrogen-bond donors (Lipinski definition) is 2. The average Bonchev–Trinajstić information content (AvgIpc) is 3.17. The first-order chi connectivity index (χ1) is 12.6. The third-order valence-electron chi connectivity index (χ3n) is 4.20. The number of aromatic nitrogens is 2. The van der Waals surface area contributed by atoms with Gasteiger partial charge in [-0.2, -0.15) is 5.10 Å². The predicted octanol–water partition coefficient (Wildman–Crippen LogP) is 4.27. The summed E-state index contributed by atoms with van der Waals surface area (Å²) in [6, 6.07) is 16.9. The van der Waals surface area contributed by atoms with Crippen LogP contribution in [0, 0.1) is 0 Å². The largest absolute Gasteiger partial charge is 0.497 e. The van der Waals surface area contributed by atoms with Crippen LogP contribution in [0.5, 0.6) is 5.75 Å². The summed E-state index contributed by atoms with van der Waals surface area (Å²) < 4.78 is 5.22. The molecule has 1 aromatic heterocycles. The van der Waals surface area contributed by atoms with Crippen LogP contribution in [-0.4, -0.2) is 29.8 Å². The second kappa shape index (κ2) is 8.06. The molecule has 2 aromatic carbocycles. The van der Waals surface area contributed by atoms with Crippen molar-refractivity contribution in [3.05, 3.63) is 70.9 Å². The maximum absolute atomic E-state index is 12.4. The van der Waals surface area contributed by atoms with E-state index >= 15 is 0 Å². The van der Waals surface area contributed by atoms with E-state index in [9.17, 15) is 4.79 Å². The standard InChI is InChI=1S/C20H20ClN3O2/c1-13(14-6-8-16(21)9-7-14)12-22-20(25)19-11-18(23-24-19)15-4-3-5-17(10-15)26-2/h3-11,13H,12H2,1-2H3,(H,22,25)(H,23,24)/t13-/m0/s1. The van der Waals surface area contributed by atoms with Crippen LogP contribution in [-0.2, 0) is 0 Å². The van der Waals surface area contributed by atoms with Gasteiger partial charge in [0.1, 0.15) is 11.4 Å². The minimum absolute atomic E-state index is 0.178. The van der Waals surface area contributed by atoms with Crippen molar-refractivity contribution in [2.45, 2.75) is 12.8 Å². The first-order valence-corrected chi connectivity index (χ1v) is 8.68. The summed E-state index contributed by atoms with van der Waals surface area (Å²) in [6.07, 6.45) is 0. The normalized spacial score (nSPS) is 11.8. The van der Waals surface area contributed by atoms with Crippen LogP contribution in [0.3, 0.4) is 0 Å². The molecular formula is C20H20ClN3O2. The molecule has 1 heterocycles. The zero-order valence-electron chi connectivity index (χ0n) is 14.6. The number of amides is 1. The van der Waals surface area contributed by atoms with Crippen LogP contribution in [0.4, 0.5) is 0 Å². The highest BCUT2D eigenvalue weighted by Gasteiger charge is 2.13. The monoisotopic (exact) mass is 369 g/mol. The minimum atomic E-state index is -0.188. The van der Waals surface area contributed by atoms with Gasteiger partial charge in [-0.05, 0) is 41.8 Å². The van der Waals surface area contributed by atoms with E-state index in [1.807, 2.05) is 48.5 Å². The number of nitrogens with zero attached hydrogens (tertiary/aromatic N) is 1. The summed E-state index contributed by atoms with van der Waals surface area (Å²) in [7, 11) is 1.62. The molecule has 0 unspecified atom stereocenters. The molecule has 1 atom stereocenters. The fourth-order valence-corrected chi connectivity index (χ4v) is 2.74. The number of nitrogens with one attached hydrogen (secondary N) is 2. The number of hydrogen-bond acceptors (Lipinski definition) is 3. The Labute approximate surface area is 157 Å². The lowest BCUT2D eigenvalue weighted by Crippen LogP contribution is -2.27. The van der Waals surface area contributed by atoms with Gasteiger partial charge in [0.05, 0.1) is 12.8 Å². The zero-order chi connectivity index (χ0) is 18.5. The lowest BCUT2D eigenvalue weighted by molar-refractivity contribution is 0.0946. The van der Waals surface area contributed by atoms with Gasteiger partial charge in [0.15, 0.2) is 0 Å². The second-order valence-corrected chi connectivity index (χ2v) is 6.50. The SMILES string of the molecule is COc1cccc(-c2cc(C(=O)NC[C@H](C)c3ccc(Cl)cc3)[nH]n2)c1. The molecule has 0 bridgehead atoms. The van der Waals surface area contributed by atoms with E-state index < -0.39 is 0 Å². The van der Waals surface area contributed by atoms with Gasteiger partial charge in [-0.3, -0.25) is 9.89 Å². The zero-order valence-corrected chi connectivity index (χ0v) is 15.4. The summed E-state index contributed by atoms with van der Waals surface area (Å²) in [6.45, 7) is 2.58. The van der Waals surface area contributed by atoms with Gasteiger partial charge in [0.2, 0.25) is 0 Å². The van der Waals surface area contributed by atoms with Gasteiger partial charge in [0, 0.05) is 17.1 Å². The van der Waals surface area contributed by atoms with Crippen LogP contribution < -0.4 is 10.1 Å². The van der Waals surface area contributed by atoms with Crippen molar-refractivity contribution < 1.29 is 9.53 Å². The molecule has 26 heavy (non-hydrogen) atoms. The van der Waals surface area contributed by atoms with E-state index in [1.54, 1.807) is 13.2 Å². The molecule has 3 aromatic rings. The van der Waals surface area contributed by atoms with Crippen molar-refractivity contribution in [3.63, 3.8) is 0 Å². The number of carbonyl (C=O) groups is 1. The van der Waals surface area contributed by atoms with Crippen LogP contribution in [0.2, 0.25) is 5.02 Å². The molecule has 5 nitrogen and oxygen atoms in total. The number of rotatable bonds is 6. The maximum Gasteiger partial charge on any atom is 0.269 e. The molecule has 3 rings (SSSR count). The molecule has 1 amide bonds. The quantitative estimate of drug-likeness (QED) is 0.681. The van der Waals surface area contributed by atoms with Crippen LogP contribution in [0.15, 0.2) is 54.6 Å². The molecule has 6 heteroatoms. The topological polar surface area (TPSA) is 67.0 Å². The van der Waals surface area contributed by atoms with Crippen molar-refractivity contribution in [2.24, 2.45) is 0 Å². The molecular weight excluding hydrogens is 350 g/mol. The molecule has 134 valence electrons. The lowest BCUT2D eigenvalue weighted by Gasteiger charge is -2.12. The number of ether oxygens (including phenoxy) is 1. The van der Waals surface area contributed by atoms with Gasteiger partial charge in [-0.1, -0.05) is 42.8 Å². The molecule has 0 saturated heterocycles. The Morgan fingerprint density at radius 2 is 2.00 bits per heavy atom. The Bertz CT molecular complexity index is 890. The number of H-pyrrole nitrogens is 1. The predicted molar refractivity (Wildman–Crippen MR) is 103 cm³/mol. The number of halogens is 1. The third kappa shape index (κ3) is 4.24. The fraction of sp³-hybridized carbons (Fsp3) is 0.200. The van der Waals surface area contributed by atoms with Crippen molar-refractivity contribution in [2.75, 3.05) is 13.7 Å². The minimum Gasteiger partial charge on any atom is -0.497 e. The summed E-state index contributed by atoms with van der Waals surface area (Å²) in [5.74, 6) is 0.734. The highest BCUT2D eigenvalue weighted by atomic mass is 35.5. The van der Waals surface area contributed by atoms with E-state index in [0.717, 1.165) is 16.9 Å². The number of carbonyl (C=O) groups excluding carboxylic acids is 1. The van der Waals surface area contributed by atoms with Gasteiger partial charge < -0.3 is 10.1 Å². The molecule has 0 aliphatic rings. The number of methoxy groups -OCH3 is 1. The fourth-order valence-electron chi connectivity index (χ4n) is 2.62. The molecule has 0 saturated carbocycles. The van der Waals surface area contributed by atoms with E-state index in [4.69, 9.17) is 16.3 Å². The number of aromatic amines is 1. The highest BCUT2D eigenvalue weighted by Crippen LogP contribution is 2.22. The maximum atomic E-state index is 12.4. The smallest absolute Gasteiger partial charge is 0.269 e. The Hall–Kier alpha value is -2.79. The Morgan fingerprint density at radius 3 is 2.73 bits per heavy atom. The van der Waals surface area contributed by atoms with Crippen molar-refractivity contribution in [1.82, 2.24) is 15.5 Å². The first-order valence-electron chi connectivity index (χ1n) is 8.30. The Kier molecular flexibility index (Phi) is 5.58. The molecule has 0 spiro atoms. The van der Waals surface area contributed by atoms with E-state index in [-0.39, 0.29) is 11.8 Å².